The summed E-state index contributed by atoms with van der Waals surface area (Å²) in [4.78, 5) is 14.0. The lowest BCUT2D eigenvalue weighted by Gasteiger charge is -2.42. The lowest BCUT2D eigenvalue weighted by molar-refractivity contribution is -0.265. The maximum absolute atomic E-state index is 11.4. The highest BCUT2D eigenvalue weighted by Gasteiger charge is 2.45. The predicted molar refractivity (Wildman–Crippen MR) is 83.5 cm³/mol. The average molecular weight is 336 g/mol. The van der Waals surface area contributed by atoms with E-state index in [0.29, 0.717) is 0 Å². The smallest absolute Gasteiger partial charge is 0.217 e. The van der Waals surface area contributed by atoms with E-state index < -0.39 is 36.6 Å². The van der Waals surface area contributed by atoms with Crippen molar-refractivity contribution in [3.63, 3.8) is 0 Å². The summed E-state index contributed by atoms with van der Waals surface area (Å²) in [6.45, 7) is 1.32. The molecule has 1 saturated heterocycles. The summed E-state index contributed by atoms with van der Waals surface area (Å²) in [6, 6.07) is 8.36. The van der Waals surface area contributed by atoms with Gasteiger partial charge in [-0.15, -0.1) is 0 Å². The number of hydrogen-bond donors (Lipinski definition) is 3. The molecule has 3 N–H and O–H groups in total. The SMILES string of the molecule is CC(=O)NC1C(OCc2ccccc2)OC(CN=[N+]=[N-])C(O)C1O. The van der Waals surface area contributed by atoms with Crippen molar-refractivity contribution in [2.24, 2.45) is 5.11 Å². The van der Waals surface area contributed by atoms with Gasteiger partial charge < -0.3 is 25.0 Å². The minimum atomic E-state index is -1.32. The molecule has 5 unspecified atom stereocenters. The van der Waals surface area contributed by atoms with Gasteiger partial charge in [0.1, 0.15) is 18.2 Å². The maximum atomic E-state index is 11.4. The molecule has 0 saturated carbocycles. The first-order valence-electron chi connectivity index (χ1n) is 7.48. The Balaban J connectivity index is 2.11. The number of aliphatic hydroxyl groups excluding tert-OH is 2. The zero-order chi connectivity index (χ0) is 17.5. The third-order valence-electron chi connectivity index (χ3n) is 3.65. The minimum Gasteiger partial charge on any atom is -0.388 e. The molecule has 0 aromatic heterocycles. The van der Waals surface area contributed by atoms with Gasteiger partial charge in [-0.25, -0.2) is 0 Å². The van der Waals surface area contributed by atoms with Crippen LogP contribution in [0.1, 0.15) is 12.5 Å². The lowest BCUT2D eigenvalue weighted by atomic mass is 9.96. The summed E-state index contributed by atoms with van der Waals surface area (Å²) >= 11 is 0. The first-order valence-corrected chi connectivity index (χ1v) is 7.48. The Bertz CT molecular complexity index is 593. The molecule has 2 rings (SSSR count). The van der Waals surface area contributed by atoms with E-state index in [-0.39, 0.29) is 13.2 Å². The van der Waals surface area contributed by atoms with Crippen molar-refractivity contribution in [2.75, 3.05) is 6.54 Å². The average Bonchev–Trinajstić information content (AvgIpc) is 2.58. The quantitative estimate of drug-likeness (QED) is 0.394. The second-order valence-electron chi connectivity index (χ2n) is 5.46. The maximum Gasteiger partial charge on any atom is 0.217 e. The summed E-state index contributed by atoms with van der Waals surface area (Å²) in [5.41, 5.74) is 9.29. The lowest BCUT2D eigenvalue weighted by Crippen LogP contribution is -2.64. The van der Waals surface area contributed by atoms with E-state index in [2.05, 4.69) is 15.3 Å². The van der Waals surface area contributed by atoms with Crippen molar-refractivity contribution in [2.45, 2.75) is 44.2 Å². The number of aliphatic hydroxyl groups is 2. The molecule has 9 heteroatoms. The molecule has 0 radical (unpaired) electrons. The molecule has 1 heterocycles. The van der Waals surface area contributed by atoms with Gasteiger partial charge in [-0.1, -0.05) is 35.4 Å². The van der Waals surface area contributed by atoms with Gasteiger partial charge in [-0.3, -0.25) is 4.79 Å². The van der Waals surface area contributed by atoms with Gasteiger partial charge in [0.25, 0.3) is 0 Å². The first-order chi connectivity index (χ1) is 11.5. The van der Waals surface area contributed by atoms with E-state index >= 15 is 0 Å². The molecule has 1 aliphatic rings. The highest BCUT2D eigenvalue weighted by atomic mass is 16.7. The number of benzene rings is 1. The molecular formula is C15H20N4O5. The predicted octanol–water partition coefficient (Wildman–Crippen LogP) is 0.465. The zero-order valence-corrected chi connectivity index (χ0v) is 13.1. The van der Waals surface area contributed by atoms with Gasteiger partial charge in [0.2, 0.25) is 5.91 Å². The monoisotopic (exact) mass is 336 g/mol. The van der Waals surface area contributed by atoms with Crippen molar-refractivity contribution in [3.8, 4) is 0 Å². The van der Waals surface area contributed by atoms with Crippen LogP contribution in [0.2, 0.25) is 0 Å². The Labute approximate surface area is 138 Å². The summed E-state index contributed by atoms with van der Waals surface area (Å²) in [5, 5.41) is 26.2. The highest BCUT2D eigenvalue weighted by Crippen LogP contribution is 2.23. The van der Waals surface area contributed by atoms with Crippen LogP contribution in [0, 0.1) is 0 Å². The van der Waals surface area contributed by atoms with E-state index in [0.717, 1.165) is 5.56 Å². The van der Waals surface area contributed by atoms with Crippen molar-refractivity contribution in [3.05, 3.63) is 46.3 Å². The van der Waals surface area contributed by atoms with E-state index in [4.69, 9.17) is 15.0 Å². The molecule has 1 fully saturated rings. The van der Waals surface area contributed by atoms with Crippen LogP contribution in [0.15, 0.2) is 35.4 Å². The Morgan fingerprint density at radius 1 is 1.38 bits per heavy atom. The Hall–Kier alpha value is -2.16. The number of nitrogens with zero attached hydrogens (tertiary/aromatic N) is 3. The number of hydrogen-bond acceptors (Lipinski definition) is 6. The van der Waals surface area contributed by atoms with Gasteiger partial charge >= 0.3 is 0 Å². The summed E-state index contributed by atoms with van der Waals surface area (Å²) in [6.07, 6.45) is -4.56. The number of carbonyl (C=O) groups excluding carboxylic acids is 1. The van der Waals surface area contributed by atoms with E-state index in [1.165, 1.54) is 6.92 Å². The molecule has 0 spiro atoms. The molecule has 1 aromatic carbocycles. The number of carbonyl (C=O) groups is 1. The largest absolute Gasteiger partial charge is 0.388 e. The van der Waals surface area contributed by atoms with Crippen molar-refractivity contribution in [1.29, 1.82) is 0 Å². The second kappa shape index (κ2) is 8.62. The van der Waals surface area contributed by atoms with Gasteiger partial charge in [0.15, 0.2) is 6.29 Å². The highest BCUT2D eigenvalue weighted by molar-refractivity contribution is 5.73. The molecule has 130 valence electrons. The normalized spacial score (nSPS) is 29.5. The van der Waals surface area contributed by atoms with Crippen molar-refractivity contribution in [1.82, 2.24) is 5.32 Å². The van der Waals surface area contributed by atoms with Crippen LogP contribution >= 0.6 is 0 Å². The van der Waals surface area contributed by atoms with Crippen LogP contribution in [0.25, 0.3) is 10.4 Å². The van der Waals surface area contributed by atoms with Gasteiger partial charge in [0, 0.05) is 11.8 Å². The number of amides is 1. The molecule has 5 atom stereocenters. The van der Waals surface area contributed by atoms with E-state index in [1.54, 1.807) is 0 Å². The summed E-state index contributed by atoms with van der Waals surface area (Å²) in [5.74, 6) is -0.392. The third kappa shape index (κ3) is 4.67. The number of nitrogens with one attached hydrogen (secondary N) is 1. The van der Waals surface area contributed by atoms with Crippen LogP contribution in [0.3, 0.4) is 0 Å². The molecule has 24 heavy (non-hydrogen) atoms. The standard InChI is InChI=1S/C15H20N4O5/c1-9(20)18-12-14(22)13(21)11(7-17-19-16)24-15(12)23-8-10-5-3-2-4-6-10/h2-6,11-15,21-22H,7-8H2,1H3,(H,18,20). The van der Waals surface area contributed by atoms with Gasteiger partial charge in [-0.05, 0) is 11.1 Å². The van der Waals surface area contributed by atoms with Crippen LogP contribution in [0.5, 0.6) is 0 Å². The van der Waals surface area contributed by atoms with Crippen LogP contribution in [-0.4, -0.2) is 53.3 Å². The fraction of sp³-hybridized carbons (Fsp3) is 0.533. The number of ether oxygens (including phenoxy) is 2. The molecule has 9 nitrogen and oxygen atoms in total. The molecule has 1 amide bonds. The van der Waals surface area contributed by atoms with Gasteiger partial charge in [-0.2, -0.15) is 0 Å². The third-order valence-corrected chi connectivity index (χ3v) is 3.65. The molecule has 0 aliphatic carbocycles. The Kier molecular flexibility index (Phi) is 6.53. The summed E-state index contributed by atoms with van der Waals surface area (Å²) < 4.78 is 11.3. The van der Waals surface area contributed by atoms with Crippen molar-refractivity contribution < 1.29 is 24.5 Å². The molecule has 1 aromatic rings. The Morgan fingerprint density at radius 3 is 2.71 bits per heavy atom. The molecule has 0 bridgehead atoms. The topological polar surface area (TPSA) is 137 Å². The van der Waals surface area contributed by atoms with Crippen LogP contribution < -0.4 is 5.32 Å². The number of azide groups is 1. The fourth-order valence-electron chi connectivity index (χ4n) is 2.48. The van der Waals surface area contributed by atoms with E-state index in [1.807, 2.05) is 30.3 Å². The number of rotatable bonds is 6. The van der Waals surface area contributed by atoms with Crippen LogP contribution in [0.4, 0.5) is 0 Å². The molecular weight excluding hydrogens is 316 g/mol. The summed E-state index contributed by atoms with van der Waals surface area (Å²) in [7, 11) is 0. The zero-order valence-electron chi connectivity index (χ0n) is 13.1. The van der Waals surface area contributed by atoms with Crippen molar-refractivity contribution >= 4 is 5.91 Å². The van der Waals surface area contributed by atoms with Crippen LogP contribution in [-0.2, 0) is 20.9 Å². The van der Waals surface area contributed by atoms with Gasteiger partial charge in [0.05, 0.1) is 19.3 Å². The second-order valence-corrected chi connectivity index (χ2v) is 5.46. The van der Waals surface area contributed by atoms with E-state index in [9.17, 15) is 15.0 Å². The minimum absolute atomic E-state index is 0.160. The Morgan fingerprint density at radius 2 is 2.08 bits per heavy atom. The first kappa shape index (κ1) is 18.2. The molecule has 1 aliphatic heterocycles. The fourth-order valence-corrected chi connectivity index (χ4v) is 2.48.